The van der Waals surface area contributed by atoms with Crippen LogP contribution in [0.1, 0.15) is 36.0 Å². The van der Waals surface area contributed by atoms with Gasteiger partial charge >= 0.3 is 5.97 Å². The Labute approximate surface area is 328 Å². The molecule has 13 heteroatoms. The van der Waals surface area contributed by atoms with Crippen molar-refractivity contribution in [1.29, 1.82) is 0 Å². The molecule has 54 heavy (non-hydrogen) atoms. The summed E-state index contributed by atoms with van der Waals surface area (Å²) in [5, 5.41) is 22.9. The van der Waals surface area contributed by atoms with Crippen LogP contribution in [0.2, 0.25) is 15.6 Å². The smallest absolute Gasteiger partial charge is 0.307 e. The Bertz CT molecular complexity index is 2200. The average molecular weight is 784 g/mol. The molecule has 0 saturated carbocycles. The van der Waals surface area contributed by atoms with E-state index in [1.165, 1.54) is 0 Å². The standard InChI is InChI=1S/C41H42Cl2N5O5Si/c1-52-36-16-24(9-10-25(36)21-47-14-13-26(22-47)41(50)51)29-5-3-7-31(40(29)43)30-6-4-8-35-32(30)19-45-48(35)23-28-17-37(53-2)27(15-33(28)42)18-44-20-38(54)34-11-12-39(49)46-34/h3-10,15-17,19,26,34,38,44H,11-14,18,20-23H2,1-2H3,(H,46,49)(H,50,51)/t26-,34+,38?/m1/s1. The second-order valence-electron chi connectivity index (χ2n) is 14.0. The number of ether oxygens (including phenoxy) is 2. The van der Waals surface area contributed by atoms with Crippen LogP contribution < -0.4 is 20.1 Å². The minimum Gasteiger partial charge on any atom is -0.496 e. The van der Waals surface area contributed by atoms with Gasteiger partial charge in [-0.3, -0.25) is 19.2 Å². The highest BCUT2D eigenvalue weighted by atomic mass is 35.5. The summed E-state index contributed by atoms with van der Waals surface area (Å²) < 4.78 is 13.5. The molecule has 4 aromatic carbocycles. The van der Waals surface area contributed by atoms with Gasteiger partial charge in [0.05, 0.1) is 43.4 Å². The van der Waals surface area contributed by atoms with Crippen LogP contribution in [0.15, 0.2) is 72.9 Å². The Kier molecular flexibility index (Phi) is 11.6. The minimum absolute atomic E-state index is 0.0974. The highest BCUT2D eigenvalue weighted by Crippen LogP contribution is 2.41. The third kappa shape index (κ3) is 8.01. The second-order valence-corrected chi connectivity index (χ2v) is 15.5. The molecule has 279 valence electrons. The summed E-state index contributed by atoms with van der Waals surface area (Å²) in [6.07, 6.45) is 3.91. The summed E-state index contributed by atoms with van der Waals surface area (Å²) >= 11 is 14.1. The summed E-state index contributed by atoms with van der Waals surface area (Å²) in [5.41, 5.74) is 7.52. The zero-order valence-corrected chi connectivity index (χ0v) is 32.7. The third-order valence-corrected chi connectivity index (χ3v) is 11.9. The zero-order valence-electron chi connectivity index (χ0n) is 30.2. The molecule has 1 aromatic heterocycles. The lowest BCUT2D eigenvalue weighted by atomic mass is 9.96. The van der Waals surface area contributed by atoms with Gasteiger partial charge < -0.3 is 25.2 Å². The quantitative estimate of drug-likeness (QED) is 0.103. The molecule has 2 fully saturated rings. The van der Waals surface area contributed by atoms with Crippen LogP contribution in [0.25, 0.3) is 33.2 Å². The number of carboxylic acid groups (broad SMARTS) is 1. The normalized spacial score (nSPS) is 17.9. The number of hydrogen-bond acceptors (Lipinski definition) is 7. The van der Waals surface area contributed by atoms with E-state index in [-0.39, 0.29) is 23.4 Å². The monoisotopic (exact) mass is 782 g/mol. The number of nitrogens with zero attached hydrogens (tertiary/aromatic N) is 3. The molecule has 5 aromatic rings. The average Bonchev–Trinajstić information content (AvgIpc) is 3.93. The van der Waals surface area contributed by atoms with Crippen molar-refractivity contribution in [3.05, 3.63) is 99.7 Å². The summed E-state index contributed by atoms with van der Waals surface area (Å²) in [6, 6.07) is 22.2. The number of rotatable bonds is 14. The van der Waals surface area contributed by atoms with Crippen molar-refractivity contribution < 1.29 is 24.2 Å². The topological polar surface area (TPSA) is 118 Å². The van der Waals surface area contributed by atoms with Gasteiger partial charge in [-0.25, -0.2) is 0 Å². The van der Waals surface area contributed by atoms with E-state index >= 15 is 0 Å². The fraction of sp³-hybridized carbons (Fsp3) is 0.341. The molecule has 10 nitrogen and oxygen atoms in total. The predicted octanol–water partition coefficient (Wildman–Crippen LogP) is 6.97. The van der Waals surface area contributed by atoms with E-state index in [9.17, 15) is 14.7 Å². The molecule has 3 N–H and O–H groups in total. The maximum absolute atomic E-state index is 11.6. The first-order valence-electron chi connectivity index (χ1n) is 18.1. The molecule has 3 heterocycles. The molecule has 3 radical (unpaired) electrons. The van der Waals surface area contributed by atoms with E-state index < -0.39 is 5.97 Å². The van der Waals surface area contributed by atoms with Gasteiger partial charge in [0, 0.05) is 75.0 Å². The van der Waals surface area contributed by atoms with Crippen molar-refractivity contribution in [2.75, 3.05) is 33.9 Å². The zero-order chi connectivity index (χ0) is 37.9. The molecule has 2 aliphatic rings. The number of aliphatic carboxylic acids is 1. The predicted molar refractivity (Wildman–Crippen MR) is 213 cm³/mol. The van der Waals surface area contributed by atoms with Gasteiger partial charge in [0.2, 0.25) is 5.91 Å². The summed E-state index contributed by atoms with van der Waals surface area (Å²) in [4.78, 5) is 25.2. The Morgan fingerprint density at radius 3 is 2.48 bits per heavy atom. The molecule has 7 rings (SSSR count). The van der Waals surface area contributed by atoms with Gasteiger partial charge in [-0.2, -0.15) is 5.10 Å². The Hall–Kier alpha value is -4.39. The first-order valence-corrected chi connectivity index (χ1v) is 19.4. The molecular formula is C41H42Cl2N5O5Si. The first kappa shape index (κ1) is 37.9. The number of hydrogen-bond donors (Lipinski definition) is 3. The van der Waals surface area contributed by atoms with Crippen LogP contribution in [0.5, 0.6) is 11.5 Å². The van der Waals surface area contributed by atoms with Crippen LogP contribution in [-0.2, 0) is 29.2 Å². The number of nitrogens with one attached hydrogen (secondary N) is 2. The maximum atomic E-state index is 11.6. The maximum Gasteiger partial charge on any atom is 0.307 e. The van der Waals surface area contributed by atoms with E-state index in [4.69, 9.17) is 37.8 Å². The van der Waals surface area contributed by atoms with Crippen LogP contribution >= 0.6 is 23.2 Å². The van der Waals surface area contributed by atoms with E-state index in [0.717, 1.165) is 74.3 Å². The molecule has 2 saturated heterocycles. The molecule has 2 aliphatic heterocycles. The van der Waals surface area contributed by atoms with Gasteiger partial charge in [-0.05, 0) is 72.4 Å². The van der Waals surface area contributed by atoms with Gasteiger partial charge in [0.1, 0.15) is 11.5 Å². The van der Waals surface area contributed by atoms with Crippen molar-refractivity contribution in [3.8, 4) is 33.8 Å². The molecule has 3 atom stereocenters. The first-order chi connectivity index (χ1) is 26.1. The molecule has 0 spiro atoms. The van der Waals surface area contributed by atoms with Crippen LogP contribution in [0.4, 0.5) is 0 Å². The molecular weight excluding hydrogens is 741 g/mol. The number of fused-ring (bicyclic) bond motifs is 1. The van der Waals surface area contributed by atoms with Gasteiger partial charge in [-0.15, -0.1) is 0 Å². The van der Waals surface area contributed by atoms with Crippen molar-refractivity contribution in [3.63, 3.8) is 0 Å². The SMILES string of the molecule is COc1cc(Cn2ncc3c(-c4cccc(-c5ccc(CN6CC[C@@H](C(=O)O)C6)c(OC)c5)c4Cl)cccc32)c(Cl)cc1CNCC([Si])[C@@H]1CCC(=O)N1. The number of methoxy groups -OCH3 is 2. The third-order valence-electron chi connectivity index (χ3n) is 10.6. The summed E-state index contributed by atoms with van der Waals surface area (Å²) in [5.74, 6) is 0.492. The number of carbonyl (C=O) groups excluding carboxylic acids is 1. The van der Waals surface area contributed by atoms with E-state index in [0.29, 0.717) is 55.6 Å². The molecule has 1 unspecified atom stereocenters. The van der Waals surface area contributed by atoms with Gasteiger partial charge in [0.25, 0.3) is 0 Å². The van der Waals surface area contributed by atoms with Crippen molar-refractivity contribution in [2.24, 2.45) is 5.92 Å². The largest absolute Gasteiger partial charge is 0.496 e. The van der Waals surface area contributed by atoms with E-state index in [2.05, 4.69) is 31.8 Å². The lowest BCUT2D eigenvalue weighted by Crippen LogP contribution is -2.35. The van der Waals surface area contributed by atoms with Gasteiger partial charge in [0.15, 0.2) is 0 Å². The number of aromatic nitrogens is 2. The summed E-state index contributed by atoms with van der Waals surface area (Å²) in [6.45, 7) is 3.57. The highest BCUT2D eigenvalue weighted by Gasteiger charge is 2.29. The number of halogens is 2. The second kappa shape index (κ2) is 16.5. The van der Waals surface area contributed by atoms with E-state index in [1.54, 1.807) is 14.2 Å². The lowest BCUT2D eigenvalue weighted by molar-refractivity contribution is -0.141. The Morgan fingerprint density at radius 1 is 0.981 bits per heavy atom. The van der Waals surface area contributed by atoms with Crippen LogP contribution in [0.3, 0.4) is 0 Å². The van der Waals surface area contributed by atoms with Crippen LogP contribution in [0, 0.1) is 5.92 Å². The molecule has 1 amide bonds. The van der Waals surface area contributed by atoms with Gasteiger partial charge in [-0.1, -0.05) is 65.7 Å². The van der Waals surface area contributed by atoms with Crippen LogP contribution in [-0.4, -0.2) is 81.8 Å². The number of carboxylic acids is 1. The molecule has 0 bridgehead atoms. The number of benzene rings is 4. The Balaban J connectivity index is 1.09. The fourth-order valence-electron chi connectivity index (χ4n) is 7.58. The van der Waals surface area contributed by atoms with E-state index in [1.807, 2.05) is 71.5 Å². The fourth-order valence-corrected chi connectivity index (χ4v) is 8.56. The summed E-state index contributed by atoms with van der Waals surface area (Å²) in [7, 11) is 7.08. The Morgan fingerprint density at radius 2 is 1.74 bits per heavy atom. The minimum atomic E-state index is -0.741. The van der Waals surface area contributed by atoms with Crippen molar-refractivity contribution >= 4 is 56.2 Å². The lowest BCUT2D eigenvalue weighted by Gasteiger charge is -2.20. The number of carbonyl (C=O) groups is 2. The number of likely N-dealkylation sites (tertiary alicyclic amines) is 1. The number of amides is 1. The van der Waals surface area contributed by atoms with Crippen molar-refractivity contribution in [2.45, 2.75) is 50.5 Å². The van der Waals surface area contributed by atoms with Crippen molar-refractivity contribution in [1.82, 2.24) is 25.3 Å². The molecule has 0 aliphatic carbocycles. The highest BCUT2D eigenvalue weighted by molar-refractivity contribution is 6.36.